The Bertz CT molecular complexity index is 585. The van der Waals surface area contributed by atoms with Crippen LogP contribution in [0, 0.1) is 18.3 Å². The maximum absolute atomic E-state index is 8.85. The third-order valence-electron chi connectivity index (χ3n) is 2.57. The second-order valence-electron chi connectivity index (χ2n) is 3.67. The van der Waals surface area contributed by atoms with Crippen molar-refractivity contribution in [2.75, 3.05) is 7.11 Å². The summed E-state index contributed by atoms with van der Waals surface area (Å²) in [5, 5.41) is 8.85. The minimum absolute atomic E-state index is 0.608. The predicted molar refractivity (Wildman–Crippen MR) is 65.7 cm³/mol. The smallest absolute Gasteiger partial charge is 0.119 e. The summed E-state index contributed by atoms with van der Waals surface area (Å²) in [7, 11) is 1.64. The molecule has 0 unspecified atom stereocenters. The van der Waals surface area contributed by atoms with Crippen molar-refractivity contribution in [1.29, 1.82) is 5.26 Å². The van der Waals surface area contributed by atoms with Crippen molar-refractivity contribution >= 4 is 0 Å². The van der Waals surface area contributed by atoms with E-state index in [2.05, 4.69) is 11.1 Å². The molecule has 0 atom stereocenters. The third kappa shape index (κ3) is 2.26. The Balaban J connectivity index is 2.46. The van der Waals surface area contributed by atoms with Gasteiger partial charge in [-0.1, -0.05) is 12.1 Å². The van der Waals surface area contributed by atoms with Gasteiger partial charge in [0.15, 0.2) is 0 Å². The van der Waals surface area contributed by atoms with E-state index in [1.54, 1.807) is 13.2 Å². The summed E-state index contributed by atoms with van der Waals surface area (Å²) in [4.78, 5) is 4.41. The maximum atomic E-state index is 8.85. The first-order chi connectivity index (χ1) is 8.24. The van der Waals surface area contributed by atoms with Gasteiger partial charge in [-0.05, 0) is 31.2 Å². The molecule has 0 aliphatic carbocycles. The lowest BCUT2D eigenvalue weighted by Gasteiger charge is -2.05. The number of ether oxygens (including phenoxy) is 1. The van der Waals surface area contributed by atoms with Gasteiger partial charge in [-0.25, -0.2) is 0 Å². The van der Waals surface area contributed by atoms with E-state index in [9.17, 15) is 0 Å². The fraction of sp³-hybridized carbons (Fsp3) is 0.143. The highest BCUT2D eigenvalue weighted by Gasteiger charge is 2.04. The van der Waals surface area contributed by atoms with Crippen LogP contribution < -0.4 is 4.74 Å². The molecule has 0 saturated carbocycles. The van der Waals surface area contributed by atoms with Crippen LogP contribution in [0.25, 0.3) is 11.3 Å². The Kier molecular flexibility index (Phi) is 3.06. The van der Waals surface area contributed by atoms with Crippen LogP contribution in [0.15, 0.2) is 36.4 Å². The van der Waals surface area contributed by atoms with Gasteiger partial charge >= 0.3 is 0 Å². The van der Waals surface area contributed by atoms with Gasteiger partial charge in [0.2, 0.25) is 0 Å². The lowest BCUT2D eigenvalue weighted by molar-refractivity contribution is 0.415. The lowest BCUT2D eigenvalue weighted by atomic mass is 10.1. The Hall–Kier alpha value is -2.34. The van der Waals surface area contributed by atoms with E-state index in [-0.39, 0.29) is 0 Å². The topological polar surface area (TPSA) is 45.9 Å². The molecule has 2 aromatic rings. The Morgan fingerprint density at radius 2 is 2.06 bits per heavy atom. The van der Waals surface area contributed by atoms with E-state index in [0.29, 0.717) is 5.56 Å². The van der Waals surface area contributed by atoms with Crippen LogP contribution in [0.1, 0.15) is 11.3 Å². The van der Waals surface area contributed by atoms with Gasteiger partial charge in [-0.3, -0.25) is 4.98 Å². The quantitative estimate of drug-likeness (QED) is 0.787. The number of methoxy groups -OCH3 is 1. The zero-order chi connectivity index (χ0) is 12.3. The number of nitriles is 1. The summed E-state index contributed by atoms with van der Waals surface area (Å²) in [5.41, 5.74) is 3.18. The molecule has 1 aromatic carbocycles. The summed E-state index contributed by atoms with van der Waals surface area (Å²) in [6, 6.07) is 13.4. The minimum atomic E-state index is 0.608. The summed E-state index contributed by atoms with van der Waals surface area (Å²) in [6.45, 7) is 1.84. The largest absolute Gasteiger partial charge is 0.497 e. The zero-order valence-corrected chi connectivity index (χ0v) is 9.77. The molecule has 0 bridgehead atoms. The average Bonchev–Trinajstić information content (AvgIpc) is 2.38. The molecule has 1 heterocycles. The number of aryl methyl sites for hydroxylation is 1. The van der Waals surface area contributed by atoms with Crippen molar-refractivity contribution in [3.8, 4) is 23.1 Å². The third-order valence-corrected chi connectivity index (χ3v) is 2.57. The van der Waals surface area contributed by atoms with Crippen molar-refractivity contribution in [3.63, 3.8) is 0 Å². The van der Waals surface area contributed by atoms with Crippen molar-refractivity contribution < 1.29 is 4.74 Å². The first-order valence-corrected chi connectivity index (χ1v) is 5.27. The summed E-state index contributed by atoms with van der Waals surface area (Å²) in [6.07, 6.45) is 0. The molecule has 2 rings (SSSR count). The fourth-order valence-electron chi connectivity index (χ4n) is 1.62. The van der Waals surface area contributed by atoms with Crippen LogP contribution >= 0.6 is 0 Å². The van der Waals surface area contributed by atoms with E-state index < -0.39 is 0 Å². The molecular formula is C14H12N2O. The highest BCUT2D eigenvalue weighted by molar-refractivity contribution is 5.62. The second kappa shape index (κ2) is 4.67. The molecule has 0 spiro atoms. The molecule has 0 fully saturated rings. The van der Waals surface area contributed by atoms with Crippen LogP contribution in [-0.2, 0) is 0 Å². The Labute approximate surface area is 100 Å². The lowest BCUT2D eigenvalue weighted by Crippen LogP contribution is -1.91. The van der Waals surface area contributed by atoms with Gasteiger partial charge in [0.1, 0.15) is 11.8 Å². The Morgan fingerprint density at radius 3 is 2.71 bits per heavy atom. The second-order valence-corrected chi connectivity index (χ2v) is 3.67. The zero-order valence-electron chi connectivity index (χ0n) is 9.77. The normalized spacial score (nSPS) is 9.71. The highest BCUT2D eigenvalue weighted by atomic mass is 16.5. The van der Waals surface area contributed by atoms with E-state index in [0.717, 1.165) is 22.7 Å². The molecule has 0 N–H and O–H groups in total. The van der Waals surface area contributed by atoms with Gasteiger partial charge in [-0.2, -0.15) is 5.26 Å². The molecule has 0 aliphatic rings. The number of benzene rings is 1. The summed E-state index contributed by atoms with van der Waals surface area (Å²) < 4.78 is 5.17. The molecule has 0 saturated heterocycles. The molecule has 0 aliphatic heterocycles. The van der Waals surface area contributed by atoms with Crippen molar-refractivity contribution in [2.24, 2.45) is 0 Å². The van der Waals surface area contributed by atoms with Crippen molar-refractivity contribution in [2.45, 2.75) is 6.92 Å². The molecular weight excluding hydrogens is 212 g/mol. The molecule has 0 amide bonds. The van der Waals surface area contributed by atoms with Crippen LogP contribution in [0.4, 0.5) is 0 Å². The minimum Gasteiger partial charge on any atom is -0.497 e. The summed E-state index contributed by atoms with van der Waals surface area (Å²) >= 11 is 0. The first-order valence-electron chi connectivity index (χ1n) is 5.27. The van der Waals surface area contributed by atoms with Gasteiger partial charge in [0.05, 0.1) is 24.1 Å². The van der Waals surface area contributed by atoms with E-state index >= 15 is 0 Å². The Morgan fingerprint density at radius 1 is 1.24 bits per heavy atom. The van der Waals surface area contributed by atoms with Crippen LogP contribution in [0.2, 0.25) is 0 Å². The summed E-state index contributed by atoms with van der Waals surface area (Å²) in [5.74, 6) is 0.798. The van der Waals surface area contributed by atoms with Gasteiger partial charge in [0, 0.05) is 5.56 Å². The first kappa shape index (κ1) is 11.2. The number of pyridine rings is 1. The van der Waals surface area contributed by atoms with Crippen molar-refractivity contribution in [1.82, 2.24) is 4.98 Å². The van der Waals surface area contributed by atoms with E-state index in [1.807, 2.05) is 37.3 Å². The van der Waals surface area contributed by atoms with Gasteiger partial charge < -0.3 is 4.74 Å². The number of nitrogens with zero attached hydrogens (tertiary/aromatic N) is 2. The van der Waals surface area contributed by atoms with Crippen LogP contribution in [-0.4, -0.2) is 12.1 Å². The van der Waals surface area contributed by atoms with Crippen molar-refractivity contribution in [3.05, 3.63) is 47.7 Å². The molecule has 1 aromatic heterocycles. The molecule has 84 valence electrons. The van der Waals surface area contributed by atoms with E-state index in [4.69, 9.17) is 10.00 Å². The molecule has 3 heteroatoms. The van der Waals surface area contributed by atoms with Gasteiger partial charge in [-0.15, -0.1) is 0 Å². The molecule has 0 radical (unpaired) electrons. The number of aromatic nitrogens is 1. The monoisotopic (exact) mass is 224 g/mol. The average molecular weight is 224 g/mol. The number of rotatable bonds is 2. The molecule has 17 heavy (non-hydrogen) atoms. The van der Waals surface area contributed by atoms with Gasteiger partial charge in [0.25, 0.3) is 0 Å². The predicted octanol–water partition coefficient (Wildman–Crippen LogP) is 2.94. The highest BCUT2D eigenvalue weighted by Crippen LogP contribution is 2.22. The number of hydrogen-bond acceptors (Lipinski definition) is 3. The number of hydrogen-bond donors (Lipinski definition) is 0. The van der Waals surface area contributed by atoms with Crippen LogP contribution in [0.5, 0.6) is 5.75 Å². The molecule has 3 nitrogen and oxygen atoms in total. The van der Waals surface area contributed by atoms with Crippen LogP contribution in [0.3, 0.4) is 0 Å². The SMILES string of the molecule is COc1cccc(-c2ccc(C#N)c(C)n2)c1. The standard InChI is InChI=1S/C14H12N2O/c1-10-12(9-15)6-7-14(16-10)11-4-3-5-13(8-11)17-2/h3-8H,1-2H3. The maximum Gasteiger partial charge on any atom is 0.119 e. The van der Waals surface area contributed by atoms with E-state index in [1.165, 1.54) is 0 Å². The fourth-order valence-corrected chi connectivity index (χ4v) is 1.62.